The second-order valence-corrected chi connectivity index (χ2v) is 8.11. The molecule has 0 bridgehead atoms. The lowest BCUT2D eigenvalue weighted by molar-refractivity contribution is 0.0955. The highest BCUT2D eigenvalue weighted by Gasteiger charge is 2.17. The van der Waals surface area contributed by atoms with Crippen molar-refractivity contribution >= 4 is 27.8 Å². The quantitative estimate of drug-likeness (QED) is 0.483. The van der Waals surface area contributed by atoms with Gasteiger partial charge in [-0.3, -0.25) is 14.5 Å². The zero-order valence-corrected chi connectivity index (χ0v) is 16.8. The molecular weight excluding hydrogens is 388 g/mol. The number of nitrogens with zero attached hydrogens (tertiary/aromatic N) is 2. The van der Waals surface area contributed by atoms with E-state index in [1.807, 2.05) is 26.0 Å². The molecule has 0 radical (unpaired) electrons. The summed E-state index contributed by atoms with van der Waals surface area (Å²) in [6.45, 7) is 3.76. The predicted octanol–water partition coefficient (Wildman–Crippen LogP) is 3.26. The fraction of sp³-hybridized carbons (Fsp3) is 0.0952. The van der Waals surface area contributed by atoms with Gasteiger partial charge in [-0.1, -0.05) is 23.8 Å². The highest BCUT2D eigenvalue weighted by Crippen LogP contribution is 2.21. The van der Waals surface area contributed by atoms with Crippen molar-refractivity contribution in [2.24, 2.45) is 5.10 Å². The van der Waals surface area contributed by atoms with E-state index in [-0.39, 0.29) is 10.5 Å². The van der Waals surface area contributed by atoms with E-state index in [0.29, 0.717) is 5.69 Å². The van der Waals surface area contributed by atoms with Crippen LogP contribution in [0.2, 0.25) is 0 Å². The number of hydrogen-bond donors (Lipinski definition) is 2. The van der Waals surface area contributed by atoms with E-state index < -0.39 is 15.9 Å². The summed E-state index contributed by atoms with van der Waals surface area (Å²) >= 11 is 0. The Hall–Kier alpha value is -3.52. The van der Waals surface area contributed by atoms with E-state index in [2.05, 4.69) is 20.2 Å². The summed E-state index contributed by atoms with van der Waals surface area (Å²) in [5.41, 5.74) is 5.68. The number of pyridine rings is 1. The standard InChI is InChI=1S/C21H20N4O3S/c1-15-6-7-20(16(2)12-15)25-29(27,28)19-5-3-4-18(13-19)21(26)24-23-14-17-8-10-22-11-9-17/h3-14,25H,1-2H3,(H,24,26)/b23-14+. The number of aromatic nitrogens is 1. The fourth-order valence-electron chi connectivity index (χ4n) is 2.62. The van der Waals surface area contributed by atoms with E-state index >= 15 is 0 Å². The van der Waals surface area contributed by atoms with Gasteiger partial charge >= 0.3 is 0 Å². The minimum atomic E-state index is -3.84. The molecule has 3 aromatic rings. The topological polar surface area (TPSA) is 101 Å². The highest BCUT2D eigenvalue weighted by molar-refractivity contribution is 7.92. The second-order valence-electron chi connectivity index (χ2n) is 6.43. The average molecular weight is 408 g/mol. The van der Waals surface area contributed by atoms with Crippen LogP contribution in [0, 0.1) is 13.8 Å². The maximum atomic E-state index is 12.7. The Morgan fingerprint density at radius 1 is 1.03 bits per heavy atom. The number of amides is 1. The van der Waals surface area contributed by atoms with Gasteiger partial charge in [-0.05, 0) is 61.4 Å². The molecule has 1 heterocycles. The number of carbonyl (C=O) groups is 1. The van der Waals surface area contributed by atoms with E-state index in [1.165, 1.54) is 30.5 Å². The summed E-state index contributed by atoms with van der Waals surface area (Å²) in [6, 6.07) is 14.7. The van der Waals surface area contributed by atoms with E-state index in [4.69, 9.17) is 0 Å². The van der Waals surface area contributed by atoms with Crippen LogP contribution in [0.3, 0.4) is 0 Å². The Balaban J connectivity index is 1.75. The summed E-state index contributed by atoms with van der Waals surface area (Å²) in [5, 5.41) is 3.88. The largest absolute Gasteiger partial charge is 0.279 e. The van der Waals surface area contributed by atoms with Gasteiger partial charge in [-0.15, -0.1) is 0 Å². The monoisotopic (exact) mass is 408 g/mol. The van der Waals surface area contributed by atoms with Crippen LogP contribution in [0.4, 0.5) is 5.69 Å². The van der Waals surface area contributed by atoms with Gasteiger partial charge in [0.1, 0.15) is 0 Å². The van der Waals surface area contributed by atoms with Crippen molar-refractivity contribution in [1.29, 1.82) is 0 Å². The molecule has 0 unspecified atom stereocenters. The molecule has 7 nitrogen and oxygen atoms in total. The maximum Gasteiger partial charge on any atom is 0.271 e. The van der Waals surface area contributed by atoms with Crippen molar-refractivity contribution in [3.63, 3.8) is 0 Å². The van der Waals surface area contributed by atoms with Gasteiger partial charge in [0.2, 0.25) is 0 Å². The lowest BCUT2D eigenvalue weighted by Gasteiger charge is -2.12. The second kappa shape index (κ2) is 8.66. The highest BCUT2D eigenvalue weighted by atomic mass is 32.2. The van der Waals surface area contributed by atoms with Crippen molar-refractivity contribution in [2.45, 2.75) is 18.7 Å². The van der Waals surface area contributed by atoms with Gasteiger partial charge in [0.25, 0.3) is 15.9 Å². The van der Waals surface area contributed by atoms with Crippen LogP contribution in [0.25, 0.3) is 0 Å². The van der Waals surface area contributed by atoms with Crippen LogP contribution in [0.1, 0.15) is 27.0 Å². The van der Waals surface area contributed by atoms with Crippen molar-refractivity contribution < 1.29 is 13.2 Å². The summed E-state index contributed by atoms with van der Waals surface area (Å²) in [7, 11) is -3.84. The molecule has 0 atom stereocenters. The molecule has 0 fully saturated rings. The minimum absolute atomic E-state index is 0.0109. The molecule has 1 aromatic heterocycles. The molecule has 3 rings (SSSR count). The molecular formula is C21H20N4O3S. The molecule has 0 aliphatic heterocycles. The number of carbonyl (C=O) groups excluding carboxylic acids is 1. The van der Waals surface area contributed by atoms with Crippen LogP contribution in [0.15, 0.2) is 77.0 Å². The number of aryl methyl sites for hydroxylation is 2. The van der Waals surface area contributed by atoms with Crippen molar-refractivity contribution in [1.82, 2.24) is 10.4 Å². The Kier molecular flexibility index (Phi) is 6.04. The third kappa shape index (κ3) is 5.26. The maximum absolute atomic E-state index is 12.7. The van der Waals surface area contributed by atoms with Gasteiger partial charge in [0.05, 0.1) is 16.8 Å². The first-order valence-electron chi connectivity index (χ1n) is 8.79. The lowest BCUT2D eigenvalue weighted by atomic mass is 10.1. The summed E-state index contributed by atoms with van der Waals surface area (Å²) in [5.74, 6) is -0.515. The van der Waals surface area contributed by atoms with Crippen LogP contribution in [-0.4, -0.2) is 25.5 Å². The normalized spacial score (nSPS) is 11.4. The summed E-state index contributed by atoms with van der Waals surface area (Å²) in [4.78, 5) is 16.2. The smallest absolute Gasteiger partial charge is 0.271 e. The molecule has 2 aromatic carbocycles. The Morgan fingerprint density at radius 3 is 2.52 bits per heavy atom. The predicted molar refractivity (Wildman–Crippen MR) is 112 cm³/mol. The Morgan fingerprint density at radius 2 is 1.79 bits per heavy atom. The first-order chi connectivity index (χ1) is 13.8. The molecule has 1 amide bonds. The van der Waals surface area contributed by atoms with Crippen LogP contribution >= 0.6 is 0 Å². The van der Waals surface area contributed by atoms with Gasteiger partial charge in [0, 0.05) is 18.0 Å². The van der Waals surface area contributed by atoms with E-state index in [0.717, 1.165) is 16.7 Å². The Bertz CT molecular complexity index is 1160. The number of hydrazone groups is 1. The third-order valence-electron chi connectivity index (χ3n) is 4.12. The fourth-order valence-corrected chi connectivity index (χ4v) is 3.79. The zero-order valence-electron chi connectivity index (χ0n) is 16.0. The van der Waals surface area contributed by atoms with Gasteiger partial charge in [0.15, 0.2) is 0 Å². The molecule has 0 saturated heterocycles. The third-order valence-corrected chi connectivity index (χ3v) is 5.48. The molecule has 0 spiro atoms. The molecule has 0 aliphatic rings. The lowest BCUT2D eigenvalue weighted by Crippen LogP contribution is -2.19. The number of nitrogens with one attached hydrogen (secondary N) is 2. The summed E-state index contributed by atoms with van der Waals surface area (Å²) < 4.78 is 28.0. The molecule has 8 heteroatoms. The van der Waals surface area contributed by atoms with Crippen molar-refractivity contribution in [3.05, 3.63) is 89.2 Å². The van der Waals surface area contributed by atoms with Crippen molar-refractivity contribution in [3.8, 4) is 0 Å². The summed E-state index contributed by atoms with van der Waals surface area (Å²) in [6.07, 6.45) is 4.70. The van der Waals surface area contributed by atoms with Gasteiger partial charge in [-0.2, -0.15) is 5.10 Å². The number of anilines is 1. The minimum Gasteiger partial charge on any atom is -0.279 e. The number of rotatable bonds is 6. The molecule has 0 aliphatic carbocycles. The average Bonchev–Trinajstić information content (AvgIpc) is 2.71. The van der Waals surface area contributed by atoms with Crippen LogP contribution in [-0.2, 0) is 10.0 Å². The van der Waals surface area contributed by atoms with E-state index in [9.17, 15) is 13.2 Å². The molecule has 2 N–H and O–H groups in total. The zero-order chi connectivity index (χ0) is 20.9. The number of benzene rings is 2. The molecule has 29 heavy (non-hydrogen) atoms. The van der Waals surface area contributed by atoms with Crippen LogP contribution in [0.5, 0.6) is 0 Å². The molecule has 0 saturated carbocycles. The number of hydrogen-bond acceptors (Lipinski definition) is 5. The van der Waals surface area contributed by atoms with Gasteiger partial charge in [-0.25, -0.2) is 13.8 Å². The van der Waals surface area contributed by atoms with E-state index in [1.54, 1.807) is 30.6 Å². The molecule has 148 valence electrons. The van der Waals surface area contributed by atoms with Crippen LogP contribution < -0.4 is 10.1 Å². The first kappa shape index (κ1) is 20.2. The van der Waals surface area contributed by atoms with Crippen molar-refractivity contribution in [2.75, 3.05) is 4.72 Å². The van der Waals surface area contributed by atoms with Gasteiger partial charge < -0.3 is 0 Å². The number of sulfonamides is 1. The SMILES string of the molecule is Cc1ccc(NS(=O)(=O)c2cccc(C(=O)N/N=C/c3ccncc3)c2)c(C)c1. The first-order valence-corrected chi connectivity index (χ1v) is 10.3. The Labute approximate surface area is 169 Å².